The molecule has 0 saturated carbocycles. The predicted octanol–water partition coefficient (Wildman–Crippen LogP) is -0.0813. The Morgan fingerprint density at radius 1 is 1.39 bits per heavy atom. The number of hydrogen-bond acceptors (Lipinski definition) is 4. The van der Waals surface area contributed by atoms with Crippen LogP contribution in [0.5, 0.6) is 0 Å². The first-order valence-corrected chi connectivity index (χ1v) is 6.57. The van der Waals surface area contributed by atoms with Gasteiger partial charge in [0.05, 0.1) is 6.54 Å². The molecule has 2 N–H and O–H groups in total. The fourth-order valence-corrected chi connectivity index (χ4v) is 2.62. The van der Waals surface area contributed by atoms with E-state index in [2.05, 4.69) is 15.0 Å². The number of nitrogens with zero attached hydrogens (tertiary/aromatic N) is 2. The average molecular weight is 268 g/mol. The number of sulfonamides is 1. The summed E-state index contributed by atoms with van der Waals surface area (Å²) < 4.78 is 25.4. The molecule has 0 fully saturated rings. The van der Waals surface area contributed by atoms with E-state index in [-0.39, 0.29) is 11.4 Å². The molecule has 96 valence electrons. The van der Waals surface area contributed by atoms with Gasteiger partial charge in [-0.2, -0.15) is 4.31 Å². The lowest BCUT2D eigenvalue weighted by atomic mass is 10.5. The van der Waals surface area contributed by atoms with Crippen molar-refractivity contribution in [3.8, 4) is 0 Å². The maximum atomic E-state index is 12.1. The van der Waals surface area contributed by atoms with E-state index in [1.807, 2.05) is 0 Å². The minimum Gasteiger partial charge on any atom is -0.366 e. The van der Waals surface area contributed by atoms with Crippen molar-refractivity contribution in [2.24, 2.45) is 0 Å². The molecular formula is C10H12N4O3S. The molecule has 0 amide bonds. The minimum atomic E-state index is -3.82. The van der Waals surface area contributed by atoms with E-state index in [0.29, 0.717) is 5.82 Å². The fourth-order valence-electron chi connectivity index (χ4n) is 1.45. The highest BCUT2D eigenvalue weighted by Crippen LogP contribution is 2.10. The monoisotopic (exact) mass is 268 g/mol. The number of nitrogens with one attached hydrogen (secondary N) is 2. The van der Waals surface area contributed by atoms with Crippen LogP contribution in [0.15, 0.2) is 40.5 Å². The number of rotatable bonds is 4. The first-order valence-electron chi connectivity index (χ1n) is 5.13. The SMILES string of the molecule is CN(Cc1ncc[nH]1)S(=O)(=O)c1c[nH]ccc1=O. The van der Waals surface area contributed by atoms with Crippen molar-refractivity contribution in [2.45, 2.75) is 11.4 Å². The number of aromatic nitrogens is 3. The van der Waals surface area contributed by atoms with Gasteiger partial charge in [-0.3, -0.25) is 4.79 Å². The van der Waals surface area contributed by atoms with Crippen LogP contribution in [0.4, 0.5) is 0 Å². The first-order chi connectivity index (χ1) is 8.51. The van der Waals surface area contributed by atoms with Gasteiger partial charge in [0, 0.05) is 37.9 Å². The molecule has 2 rings (SSSR count). The van der Waals surface area contributed by atoms with Crippen LogP contribution in [0.3, 0.4) is 0 Å². The number of aromatic amines is 2. The highest BCUT2D eigenvalue weighted by molar-refractivity contribution is 7.89. The van der Waals surface area contributed by atoms with Gasteiger partial charge in [-0.25, -0.2) is 13.4 Å². The lowest BCUT2D eigenvalue weighted by molar-refractivity contribution is 0.457. The van der Waals surface area contributed by atoms with E-state index >= 15 is 0 Å². The molecule has 0 atom stereocenters. The highest BCUT2D eigenvalue weighted by atomic mass is 32.2. The van der Waals surface area contributed by atoms with Crippen molar-refractivity contribution in [2.75, 3.05) is 7.05 Å². The summed E-state index contributed by atoms with van der Waals surface area (Å²) in [5.41, 5.74) is -0.542. The number of hydrogen-bond donors (Lipinski definition) is 2. The molecule has 0 bridgehead atoms. The minimum absolute atomic E-state index is 0.0731. The predicted molar refractivity (Wildman–Crippen MR) is 64.3 cm³/mol. The topological polar surface area (TPSA) is 98.9 Å². The van der Waals surface area contributed by atoms with E-state index in [4.69, 9.17) is 0 Å². The maximum Gasteiger partial charge on any atom is 0.248 e. The Morgan fingerprint density at radius 3 is 2.78 bits per heavy atom. The van der Waals surface area contributed by atoms with Gasteiger partial charge in [-0.05, 0) is 0 Å². The third kappa shape index (κ3) is 2.34. The number of H-pyrrole nitrogens is 2. The van der Waals surface area contributed by atoms with E-state index in [9.17, 15) is 13.2 Å². The molecule has 0 aliphatic carbocycles. The van der Waals surface area contributed by atoms with Gasteiger partial charge < -0.3 is 9.97 Å². The molecule has 2 aromatic rings. The van der Waals surface area contributed by atoms with Crippen LogP contribution in [-0.2, 0) is 16.6 Å². The number of pyridine rings is 1. The third-order valence-electron chi connectivity index (χ3n) is 2.40. The Hall–Kier alpha value is -1.93. The molecule has 18 heavy (non-hydrogen) atoms. The Kier molecular flexibility index (Phi) is 3.30. The van der Waals surface area contributed by atoms with E-state index in [0.717, 1.165) is 4.31 Å². The van der Waals surface area contributed by atoms with Crippen LogP contribution in [0.25, 0.3) is 0 Å². The van der Waals surface area contributed by atoms with Crippen molar-refractivity contribution in [3.63, 3.8) is 0 Å². The van der Waals surface area contributed by atoms with Crippen LogP contribution in [-0.4, -0.2) is 34.7 Å². The molecular weight excluding hydrogens is 256 g/mol. The molecule has 8 heteroatoms. The van der Waals surface area contributed by atoms with Crippen LogP contribution >= 0.6 is 0 Å². The van der Waals surface area contributed by atoms with Crippen LogP contribution in [0, 0.1) is 0 Å². The molecule has 0 aliphatic heterocycles. The molecule has 0 unspecified atom stereocenters. The summed E-state index contributed by atoms with van der Waals surface area (Å²) in [7, 11) is -2.42. The quantitative estimate of drug-likeness (QED) is 0.810. The van der Waals surface area contributed by atoms with E-state index in [1.165, 1.54) is 31.7 Å². The van der Waals surface area contributed by atoms with Gasteiger partial charge in [-0.15, -0.1) is 0 Å². The molecule has 2 heterocycles. The summed E-state index contributed by atoms with van der Waals surface area (Å²) in [6.45, 7) is 0.0731. The van der Waals surface area contributed by atoms with Crippen molar-refractivity contribution in [1.29, 1.82) is 0 Å². The standard InChI is InChI=1S/C10H12N4O3S/c1-14(7-10-12-4-5-13-10)18(16,17)9-6-11-3-2-8(9)15/h2-6H,7H2,1H3,(H,11,15)(H,12,13). The summed E-state index contributed by atoms with van der Waals surface area (Å²) in [6, 6.07) is 1.17. The van der Waals surface area contributed by atoms with Crippen molar-refractivity contribution >= 4 is 10.0 Å². The molecule has 0 saturated heterocycles. The van der Waals surface area contributed by atoms with Crippen molar-refractivity contribution in [3.05, 3.63) is 46.9 Å². The molecule has 7 nitrogen and oxygen atoms in total. The summed E-state index contributed by atoms with van der Waals surface area (Å²) in [5.74, 6) is 0.508. The summed E-state index contributed by atoms with van der Waals surface area (Å²) in [6.07, 6.45) is 5.69. The average Bonchev–Trinajstić information content (AvgIpc) is 2.82. The van der Waals surface area contributed by atoms with E-state index < -0.39 is 15.5 Å². The fraction of sp³-hybridized carbons (Fsp3) is 0.200. The second-order valence-corrected chi connectivity index (χ2v) is 5.68. The van der Waals surface area contributed by atoms with Gasteiger partial charge in [0.15, 0.2) is 0 Å². The third-order valence-corrected chi connectivity index (χ3v) is 4.23. The zero-order chi connectivity index (χ0) is 13.2. The Morgan fingerprint density at radius 2 is 2.17 bits per heavy atom. The maximum absolute atomic E-state index is 12.1. The lowest BCUT2D eigenvalue weighted by Gasteiger charge is -2.15. The van der Waals surface area contributed by atoms with Crippen LogP contribution < -0.4 is 5.43 Å². The summed E-state index contributed by atoms with van der Waals surface area (Å²) >= 11 is 0. The molecule has 0 aromatic carbocycles. The van der Waals surface area contributed by atoms with Crippen LogP contribution in [0.1, 0.15) is 5.82 Å². The summed E-state index contributed by atoms with van der Waals surface area (Å²) in [5, 5.41) is 0. The van der Waals surface area contributed by atoms with Gasteiger partial charge in [0.25, 0.3) is 0 Å². The van der Waals surface area contributed by atoms with Crippen molar-refractivity contribution in [1.82, 2.24) is 19.3 Å². The molecule has 0 radical (unpaired) electrons. The summed E-state index contributed by atoms with van der Waals surface area (Å²) in [4.78, 5) is 20.6. The smallest absolute Gasteiger partial charge is 0.248 e. The van der Waals surface area contributed by atoms with Gasteiger partial charge in [0.2, 0.25) is 15.5 Å². The Balaban J connectivity index is 2.32. The second-order valence-electron chi connectivity index (χ2n) is 3.67. The second kappa shape index (κ2) is 4.75. The molecule has 0 spiro atoms. The zero-order valence-corrected chi connectivity index (χ0v) is 10.4. The van der Waals surface area contributed by atoms with Crippen LogP contribution in [0.2, 0.25) is 0 Å². The largest absolute Gasteiger partial charge is 0.366 e. The zero-order valence-electron chi connectivity index (χ0n) is 9.62. The first kappa shape index (κ1) is 12.5. The Labute approximate surface area is 104 Å². The molecule has 2 aromatic heterocycles. The highest BCUT2D eigenvalue weighted by Gasteiger charge is 2.24. The van der Waals surface area contributed by atoms with Crippen molar-refractivity contribution < 1.29 is 8.42 Å². The normalized spacial score (nSPS) is 11.9. The lowest BCUT2D eigenvalue weighted by Crippen LogP contribution is -2.30. The van der Waals surface area contributed by atoms with Gasteiger partial charge in [-0.1, -0.05) is 0 Å². The number of imidazole rings is 1. The van der Waals surface area contributed by atoms with Gasteiger partial charge >= 0.3 is 0 Å². The molecule has 0 aliphatic rings. The van der Waals surface area contributed by atoms with Gasteiger partial charge in [0.1, 0.15) is 10.7 Å². The van der Waals surface area contributed by atoms with E-state index in [1.54, 1.807) is 6.20 Å². The Bertz CT molecular complexity index is 675.